The lowest BCUT2D eigenvalue weighted by Crippen LogP contribution is -2.09. The molecule has 0 unspecified atom stereocenters. The highest BCUT2D eigenvalue weighted by Gasteiger charge is 2.04. The summed E-state index contributed by atoms with van der Waals surface area (Å²) in [6.07, 6.45) is 4.33. The Labute approximate surface area is 84.2 Å². The minimum atomic E-state index is 0.546. The van der Waals surface area contributed by atoms with E-state index in [-0.39, 0.29) is 0 Å². The van der Waals surface area contributed by atoms with Crippen molar-refractivity contribution in [1.29, 1.82) is 0 Å². The molecular weight excluding hydrogens is 176 g/mol. The molecule has 0 N–H and O–H groups in total. The van der Waals surface area contributed by atoms with Crippen LogP contribution in [0.4, 0.5) is 0 Å². The summed E-state index contributed by atoms with van der Waals surface area (Å²) < 4.78 is 11.0. The highest BCUT2D eigenvalue weighted by atomic mass is 16.5. The molecule has 2 rings (SSSR count). The van der Waals surface area contributed by atoms with E-state index >= 15 is 0 Å². The molecule has 0 aromatic heterocycles. The Balaban J connectivity index is 1.85. The van der Waals surface area contributed by atoms with Gasteiger partial charge in [-0.2, -0.15) is 0 Å². The molecule has 0 spiro atoms. The molecule has 14 heavy (non-hydrogen) atoms. The Morgan fingerprint density at radius 1 is 1.21 bits per heavy atom. The Bertz CT molecular complexity index is 303. The first kappa shape index (κ1) is 9.13. The third-order valence-electron chi connectivity index (χ3n) is 2.13. The molecule has 1 aromatic rings. The maximum atomic E-state index is 5.55. The lowest BCUT2D eigenvalue weighted by molar-refractivity contribution is 0.154. The van der Waals surface area contributed by atoms with Crippen molar-refractivity contribution in [2.45, 2.75) is 12.8 Å². The zero-order valence-electron chi connectivity index (χ0n) is 8.11. The van der Waals surface area contributed by atoms with Crippen LogP contribution >= 0.6 is 0 Å². The van der Waals surface area contributed by atoms with Crippen LogP contribution in [0.1, 0.15) is 12.8 Å². The van der Waals surface area contributed by atoms with Gasteiger partial charge in [0.05, 0.1) is 6.61 Å². The zero-order chi connectivity index (χ0) is 9.64. The first-order valence-corrected chi connectivity index (χ1v) is 4.95. The highest BCUT2D eigenvalue weighted by Crippen LogP contribution is 2.13. The largest absolute Gasteiger partial charge is 0.495 e. The molecule has 1 aliphatic rings. The molecule has 0 saturated heterocycles. The number of rotatable bonds is 3. The van der Waals surface area contributed by atoms with E-state index in [1.54, 1.807) is 0 Å². The van der Waals surface area contributed by atoms with Gasteiger partial charge in [-0.1, -0.05) is 18.2 Å². The molecule has 2 nitrogen and oxygen atoms in total. The maximum absolute atomic E-state index is 5.55. The van der Waals surface area contributed by atoms with Crippen molar-refractivity contribution < 1.29 is 9.47 Å². The van der Waals surface area contributed by atoms with E-state index in [2.05, 4.69) is 6.08 Å². The number of hydrogen-bond donors (Lipinski definition) is 0. The summed E-state index contributed by atoms with van der Waals surface area (Å²) >= 11 is 0. The lowest BCUT2D eigenvalue weighted by Gasteiger charge is -2.15. The van der Waals surface area contributed by atoms with Crippen LogP contribution in [-0.4, -0.2) is 13.2 Å². The minimum Gasteiger partial charge on any atom is -0.495 e. The van der Waals surface area contributed by atoms with Crippen LogP contribution in [0.5, 0.6) is 5.75 Å². The van der Waals surface area contributed by atoms with Gasteiger partial charge >= 0.3 is 0 Å². The van der Waals surface area contributed by atoms with Gasteiger partial charge in [-0.05, 0) is 31.1 Å². The van der Waals surface area contributed by atoms with Crippen LogP contribution in [0, 0.1) is 0 Å². The van der Waals surface area contributed by atoms with Gasteiger partial charge in [0.1, 0.15) is 18.1 Å². The van der Waals surface area contributed by atoms with Gasteiger partial charge in [-0.3, -0.25) is 0 Å². The predicted molar refractivity (Wildman–Crippen MR) is 55.2 cm³/mol. The monoisotopic (exact) mass is 190 g/mol. The molecule has 0 atom stereocenters. The van der Waals surface area contributed by atoms with Gasteiger partial charge < -0.3 is 9.47 Å². The van der Waals surface area contributed by atoms with Crippen molar-refractivity contribution in [3.8, 4) is 5.75 Å². The number of benzene rings is 1. The van der Waals surface area contributed by atoms with E-state index in [4.69, 9.17) is 9.47 Å². The Morgan fingerprint density at radius 3 is 2.79 bits per heavy atom. The Hall–Kier alpha value is -1.44. The van der Waals surface area contributed by atoms with Crippen molar-refractivity contribution in [2.24, 2.45) is 0 Å². The maximum Gasteiger partial charge on any atom is 0.145 e. The average molecular weight is 190 g/mol. The summed E-state index contributed by atoms with van der Waals surface area (Å²) in [4.78, 5) is 0. The van der Waals surface area contributed by atoms with Gasteiger partial charge in [0.2, 0.25) is 0 Å². The van der Waals surface area contributed by atoms with E-state index in [1.807, 2.05) is 30.3 Å². The van der Waals surface area contributed by atoms with E-state index in [9.17, 15) is 0 Å². The van der Waals surface area contributed by atoms with E-state index in [1.165, 1.54) is 0 Å². The molecule has 0 fully saturated rings. The second-order valence-electron chi connectivity index (χ2n) is 3.26. The van der Waals surface area contributed by atoms with E-state index < -0.39 is 0 Å². The molecule has 1 heterocycles. The number of allylic oxidation sites excluding steroid dienone is 1. The number of hydrogen-bond acceptors (Lipinski definition) is 2. The van der Waals surface area contributed by atoms with Crippen LogP contribution < -0.4 is 4.74 Å². The second kappa shape index (κ2) is 4.70. The summed E-state index contributed by atoms with van der Waals surface area (Å²) in [5, 5.41) is 0. The van der Waals surface area contributed by atoms with Crippen molar-refractivity contribution in [2.75, 3.05) is 13.2 Å². The van der Waals surface area contributed by atoms with Gasteiger partial charge in [-0.25, -0.2) is 0 Å². The molecule has 2 heteroatoms. The lowest BCUT2D eigenvalue weighted by atomic mass is 10.2. The molecule has 0 saturated carbocycles. The summed E-state index contributed by atoms with van der Waals surface area (Å²) in [6, 6.07) is 9.80. The van der Waals surface area contributed by atoms with Gasteiger partial charge in [0, 0.05) is 0 Å². The van der Waals surface area contributed by atoms with Crippen molar-refractivity contribution in [3.05, 3.63) is 42.2 Å². The molecule has 0 amide bonds. The molecule has 74 valence electrons. The molecular formula is C12H14O2. The topological polar surface area (TPSA) is 18.5 Å². The second-order valence-corrected chi connectivity index (χ2v) is 3.26. The van der Waals surface area contributed by atoms with Crippen LogP contribution in [0.25, 0.3) is 0 Å². The highest BCUT2D eigenvalue weighted by molar-refractivity contribution is 5.21. The average Bonchev–Trinajstić information content (AvgIpc) is 2.29. The third kappa shape index (κ3) is 2.52. The van der Waals surface area contributed by atoms with E-state index in [0.717, 1.165) is 31.0 Å². The fraction of sp³-hybridized carbons (Fsp3) is 0.333. The minimum absolute atomic E-state index is 0.546. The molecule has 1 aromatic carbocycles. The molecule has 0 bridgehead atoms. The Kier molecular flexibility index (Phi) is 3.06. The third-order valence-corrected chi connectivity index (χ3v) is 2.13. The smallest absolute Gasteiger partial charge is 0.145 e. The van der Waals surface area contributed by atoms with Crippen LogP contribution in [0.2, 0.25) is 0 Å². The normalized spacial score (nSPS) is 15.6. The van der Waals surface area contributed by atoms with Crippen molar-refractivity contribution in [3.63, 3.8) is 0 Å². The SMILES string of the molecule is C1=C(COc2ccccc2)OCCC1. The van der Waals surface area contributed by atoms with Crippen molar-refractivity contribution in [1.82, 2.24) is 0 Å². The van der Waals surface area contributed by atoms with Gasteiger partial charge in [-0.15, -0.1) is 0 Å². The van der Waals surface area contributed by atoms with Crippen LogP contribution in [0.15, 0.2) is 42.2 Å². The summed E-state index contributed by atoms with van der Waals surface area (Å²) in [6.45, 7) is 1.37. The summed E-state index contributed by atoms with van der Waals surface area (Å²) in [7, 11) is 0. The standard InChI is InChI=1S/C12H14O2/c1-2-6-11(7-3-1)14-10-12-8-4-5-9-13-12/h1-3,6-8H,4-5,9-10H2. The Morgan fingerprint density at radius 2 is 2.07 bits per heavy atom. The predicted octanol–water partition coefficient (Wildman–Crippen LogP) is 2.76. The van der Waals surface area contributed by atoms with Crippen LogP contribution in [-0.2, 0) is 4.74 Å². The summed E-state index contributed by atoms with van der Waals surface area (Å²) in [5.41, 5.74) is 0. The van der Waals surface area contributed by atoms with Gasteiger partial charge in [0.15, 0.2) is 0 Å². The fourth-order valence-corrected chi connectivity index (χ4v) is 1.38. The fourth-order valence-electron chi connectivity index (χ4n) is 1.38. The molecule has 0 radical (unpaired) electrons. The summed E-state index contributed by atoms with van der Waals surface area (Å²) in [5.74, 6) is 1.85. The van der Waals surface area contributed by atoms with Crippen molar-refractivity contribution >= 4 is 0 Å². The number of ether oxygens (including phenoxy) is 2. The first-order chi connectivity index (χ1) is 6.95. The van der Waals surface area contributed by atoms with E-state index in [0.29, 0.717) is 6.61 Å². The van der Waals surface area contributed by atoms with Gasteiger partial charge in [0.25, 0.3) is 0 Å². The number of para-hydroxylation sites is 1. The zero-order valence-corrected chi connectivity index (χ0v) is 8.11. The van der Waals surface area contributed by atoms with Crippen LogP contribution in [0.3, 0.4) is 0 Å². The first-order valence-electron chi connectivity index (χ1n) is 4.95. The quantitative estimate of drug-likeness (QED) is 0.729. The molecule has 1 aliphatic heterocycles. The molecule has 0 aliphatic carbocycles.